The number of hydrogen-bond donors (Lipinski definition) is 0. The van der Waals surface area contributed by atoms with Crippen LogP contribution in [-0.4, -0.2) is 10.8 Å². The first-order chi connectivity index (χ1) is 5.22. The molecule has 0 aliphatic carbocycles. The maximum atomic E-state index is 5.92. The Kier molecular flexibility index (Phi) is 6.79. The standard InChI is InChI=1S/C9H14Cl2/c1-3-5-7-9(11)8(10)6-4-2/h4-5,7-9H,2-3,6H2,1H3. The Morgan fingerprint density at radius 2 is 2.09 bits per heavy atom. The molecule has 64 valence electrons. The second kappa shape index (κ2) is 6.75. The third-order valence-corrected chi connectivity index (χ3v) is 2.32. The number of hydrogen-bond acceptors (Lipinski definition) is 0. The Labute approximate surface area is 78.9 Å². The van der Waals surface area contributed by atoms with Crippen molar-refractivity contribution in [3.05, 3.63) is 24.8 Å². The predicted octanol–water partition coefficient (Wildman–Crippen LogP) is 3.74. The summed E-state index contributed by atoms with van der Waals surface area (Å²) in [5.74, 6) is 0. The molecule has 0 spiro atoms. The molecule has 0 aromatic heterocycles. The summed E-state index contributed by atoms with van der Waals surface area (Å²) < 4.78 is 0. The molecule has 0 bridgehead atoms. The predicted molar refractivity (Wildman–Crippen MR) is 53.5 cm³/mol. The molecule has 0 N–H and O–H groups in total. The third kappa shape index (κ3) is 5.34. The molecule has 0 amide bonds. The molecule has 0 saturated carbocycles. The van der Waals surface area contributed by atoms with Crippen molar-refractivity contribution in [1.82, 2.24) is 0 Å². The molecule has 0 rings (SSSR count). The van der Waals surface area contributed by atoms with E-state index in [0.717, 1.165) is 12.8 Å². The molecule has 2 atom stereocenters. The average Bonchev–Trinajstić information content (AvgIpc) is 2.00. The van der Waals surface area contributed by atoms with Crippen LogP contribution in [0.25, 0.3) is 0 Å². The zero-order valence-electron chi connectivity index (χ0n) is 6.76. The van der Waals surface area contributed by atoms with Crippen molar-refractivity contribution >= 4 is 23.2 Å². The van der Waals surface area contributed by atoms with E-state index in [0.29, 0.717) is 0 Å². The molecule has 0 saturated heterocycles. The van der Waals surface area contributed by atoms with Crippen LogP contribution >= 0.6 is 23.2 Å². The Morgan fingerprint density at radius 1 is 1.45 bits per heavy atom. The summed E-state index contributed by atoms with van der Waals surface area (Å²) in [7, 11) is 0. The largest absolute Gasteiger partial charge is 0.121 e. The zero-order chi connectivity index (χ0) is 8.69. The van der Waals surface area contributed by atoms with E-state index in [-0.39, 0.29) is 10.8 Å². The van der Waals surface area contributed by atoms with Crippen LogP contribution in [0, 0.1) is 0 Å². The second-order valence-corrected chi connectivity index (χ2v) is 3.39. The van der Waals surface area contributed by atoms with Gasteiger partial charge in [0.1, 0.15) is 0 Å². The van der Waals surface area contributed by atoms with E-state index in [9.17, 15) is 0 Å². The summed E-state index contributed by atoms with van der Waals surface area (Å²) >= 11 is 11.8. The van der Waals surface area contributed by atoms with Crippen molar-refractivity contribution in [2.75, 3.05) is 0 Å². The molecule has 0 aliphatic rings. The van der Waals surface area contributed by atoms with Crippen LogP contribution in [-0.2, 0) is 0 Å². The summed E-state index contributed by atoms with van der Waals surface area (Å²) in [6, 6.07) is 0. The van der Waals surface area contributed by atoms with Gasteiger partial charge < -0.3 is 0 Å². The smallest absolute Gasteiger partial charge is 0.0682 e. The van der Waals surface area contributed by atoms with Crippen LogP contribution in [0.2, 0.25) is 0 Å². The van der Waals surface area contributed by atoms with Crippen LogP contribution in [0.5, 0.6) is 0 Å². The highest BCUT2D eigenvalue weighted by Gasteiger charge is 2.10. The molecule has 0 fully saturated rings. The fraction of sp³-hybridized carbons (Fsp3) is 0.556. The highest BCUT2D eigenvalue weighted by atomic mass is 35.5. The lowest BCUT2D eigenvalue weighted by molar-refractivity contribution is 0.883. The van der Waals surface area contributed by atoms with E-state index in [1.54, 1.807) is 6.08 Å². The number of allylic oxidation sites excluding steroid dienone is 3. The van der Waals surface area contributed by atoms with Crippen LogP contribution in [0.1, 0.15) is 19.8 Å². The minimum absolute atomic E-state index is 0.0306. The minimum Gasteiger partial charge on any atom is -0.121 e. The van der Waals surface area contributed by atoms with E-state index in [2.05, 4.69) is 13.5 Å². The molecule has 0 aromatic rings. The monoisotopic (exact) mass is 192 g/mol. The van der Waals surface area contributed by atoms with Gasteiger partial charge in [-0.2, -0.15) is 0 Å². The molecular formula is C9H14Cl2. The summed E-state index contributed by atoms with van der Waals surface area (Å²) in [6.07, 6.45) is 7.50. The molecule has 2 heteroatoms. The third-order valence-electron chi connectivity index (χ3n) is 1.29. The minimum atomic E-state index is -0.0744. The second-order valence-electron chi connectivity index (χ2n) is 2.32. The number of alkyl halides is 2. The molecule has 0 heterocycles. The highest BCUT2D eigenvalue weighted by Crippen LogP contribution is 2.15. The van der Waals surface area contributed by atoms with Crippen molar-refractivity contribution in [2.24, 2.45) is 0 Å². The van der Waals surface area contributed by atoms with Gasteiger partial charge in [0.2, 0.25) is 0 Å². The first kappa shape index (κ1) is 11.1. The van der Waals surface area contributed by atoms with Crippen molar-refractivity contribution in [2.45, 2.75) is 30.5 Å². The van der Waals surface area contributed by atoms with Gasteiger partial charge >= 0.3 is 0 Å². The van der Waals surface area contributed by atoms with Gasteiger partial charge in [0.25, 0.3) is 0 Å². The topological polar surface area (TPSA) is 0 Å². The average molecular weight is 193 g/mol. The lowest BCUT2D eigenvalue weighted by Gasteiger charge is -2.08. The fourth-order valence-corrected chi connectivity index (χ4v) is 1.09. The van der Waals surface area contributed by atoms with E-state index < -0.39 is 0 Å². The quantitative estimate of drug-likeness (QED) is 0.460. The van der Waals surface area contributed by atoms with Gasteiger partial charge in [0, 0.05) is 0 Å². The molecule has 0 nitrogen and oxygen atoms in total. The van der Waals surface area contributed by atoms with E-state index in [1.165, 1.54) is 0 Å². The Morgan fingerprint density at radius 3 is 2.55 bits per heavy atom. The van der Waals surface area contributed by atoms with Crippen molar-refractivity contribution in [3.63, 3.8) is 0 Å². The van der Waals surface area contributed by atoms with Crippen LogP contribution in [0.3, 0.4) is 0 Å². The lowest BCUT2D eigenvalue weighted by atomic mass is 10.2. The Bertz CT molecular complexity index is 130. The van der Waals surface area contributed by atoms with E-state index >= 15 is 0 Å². The molecule has 2 unspecified atom stereocenters. The molecular weight excluding hydrogens is 179 g/mol. The molecule has 0 aliphatic heterocycles. The summed E-state index contributed by atoms with van der Waals surface area (Å²) in [6.45, 7) is 5.66. The molecule has 0 radical (unpaired) electrons. The van der Waals surface area contributed by atoms with Gasteiger partial charge in [0.05, 0.1) is 10.8 Å². The van der Waals surface area contributed by atoms with E-state index in [4.69, 9.17) is 23.2 Å². The van der Waals surface area contributed by atoms with Crippen molar-refractivity contribution in [3.8, 4) is 0 Å². The van der Waals surface area contributed by atoms with Gasteiger partial charge in [-0.15, -0.1) is 29.8 Å². The maximum Gasteiger partial charge on any atom is 0.0682 e. The zero-order valence-corrected chi connectivity index (χ0v) is 8.28. The molecule has 11 heavy (non-hydrogen) atoms. The lowest BCUT2D eigenvalue weighted by Crippen LogP contribution is -2.10. The van der Waals surface area contributed by atoms with Crippen LogP contribution in [0.15, 0.2) is 24.8 Å². The number of rotatable bonds is 5. The molecule has 0 aromatic carbocycles. The van der Waals surface area contributed by atoms with Crippen LogP contribution < -0.4 is 0 Å². The Hall–Kier alpha value is 0.0600. The first-order valence-corrected chi connectivity index (χ1v) is 4.65. The highest BCUT2D eigenvalue weighted by molar-refractivity contribution is 6.30. The van der Waals surface area contributed by atoms with Gasteiger partial charge in [-0.3, -0.25) is 0 Å². The van der Waals surface area contributed by atoms with Crippen molar-refractivity contribution < 1.29 is 0 Å². The number of halogens is 2. The first-order valence-electron chi connectivity index (χ1n) is 3.78. The van der Waals surface area contributed by atoms with Crippen LogP contribution in [0.4, 0.5) is 0 Å². The Balaban J connectivity index is 3.71. The maximum absolute atomic E-state index is 5.92. The SMILES string of the molecule is C=CCC(Cl)C(Cl)C=CCC. The van der Waals surface area contributed by atoms with E-state index in [1.807, 2.05) is 12.2 Å². The van der Waals surface area contributed by atoms with Gasteiger partial charge in [0.15, 0.2) is 0 Å². The van der Waals surface area contributed by atoms with Gasteiger partial charge in [-0.05, 0) is 12.8 Å². The van der Waals surface area contributed by atoms with Gasteiger partial charge in [-0.1, -0.05) is 25.2 Å². The fourth-order valence-electron chi connectivity index (χ4n) is 0.676. The summed E-state index contributed by atoms with van der Waals surface area (Å²) in [4.78, 5) is 0. The summed E-state index contributed by atoms with van der Waals surface area (Å²) in [5, 5.41) is -0.105. The normalized spacial score (nSPS) is 16.6. The summed E-state index contributed by atoms with van der Waals surface area (Å²) in [5.41, 5.74) is 0. The van der Waals surface area contributed by atoms with Gasteiger partial charge in [-0.25, -0.2) is 0 Å². The van der Waals surface area contributed by atoms with Crippen molar-refractivity contribution in [1.29, 1.82) is 0 Å².